The van der Waals surface area contributed by atoms with Crippen LogP contribution in [0.25, 0.3) is 0 Å². The Labute approximate surface area is 230 Å². The molecule has 2 atom stereocenters. The van der Waals surface area contributed by atoms with E-state index in [0.29, 0.717) is 44.6 Å². The Kier molecular flexibility index (Phi) is 9.98. The van der Waals surface area contributed by atoms with Crippen LogP contribution in [-0.4, -0.2) is 102 Å². The van der Waals surface area contributed by atoms with Crippen LogP contribution in [0, 0.1) is 5.92 Å². The molecule has 2 fully saturated rings. The van der Waals surface area contributed by atoms with E-state index in [4.69, 9.17) is 4.74 Å². The van der Waals surface area contributed by atoms with Crippen molar-refractivity contribution in [2.75, 3.05) is 38.5 Å². The van der Waals surface area contributed by atoms with E-state index in [2.05, 4.69) is 0 Å². The monoisotopic (exact) mass is 565 g/mol. The van der Waals surface area contributed by atoms with Crippen LogP contribution in [0.15, 0.2) is 30.3 Å². The second-order valence-corrected chi connectivity index (χ2v) is 13.3. The van der Waals surface area contributed by atoms with E-state index in [0.717, 1.165) is 0 Å². The van der Waals surface area contributed by atoms with Gasteiger partial charge < -0.3 is 24.5 Å². The fourth-order valence-electron chi connectivity index (χ4n) is 4.91. The van der Waals surface area contributed by atoms with Gasteiger partial charge in [0, 0.05) is 39.1 Å². The second kappa shape index (κ2) is 12.8. The minimum absolute atomic E-state index is 0.0131. The Morgan fingerprint density at radius 1 is 1.00 bits per heavy atom. The first-order chi connectivity index (χ1) is 18.3. The van der Waals surface area contributed by atoms with Gasteiger partial charge in [-0.25, -0.2) is 18.0 Å². The number of rotatable bonds is 9. The lowest BCUT2D eigenvalue weighted by Crippen LogP contribution is -2.51. The van der Waals surface area contributed by atoms with Crippen LogP contribution >= 0.6 is 0 Å². The van der Waals surface area contributed by atoms with E-state index >= 15 is 0 Å². The van der Waals surface area contributed by atoms with Gasteiger partial charge in [-0.1, -0.05) is 30.3 Å². The number of hydrogen-bond acceptors (Lipinski definition) is 7. The van der Waals surface area contributed by atoms with Gasteiger partial charge in [0.2, 0.25) is 11.8 Å². The minimum atomic E-state index is -3.73. The number of carbonyl (C=O) groups excluding carboxylic acids is 3. The van der Waals surface area contributed by atoms with E-state index < -0.39 is 51.1 Å². The third-order valence-corrected chi connectivity index (χ3v) is 8.53. The molecule has 0 radical (unpaired) electrons. The number of nitrogens with zero attached hydrogens (tertiary/aromatic N) is 3. The van der Waals surface area contributed by atoms with E-state index in [9.17, 15) is 32.7 Å². The molecule has 3 rings (SSSR count). The quantitative estimate of drug-likeness (QED) is 0.480. The number of sulfone groups is 1. The summed E-state index contributed by atoms with van der Waals surface area (Å²) in [6, 6.07) is 7.63. The van der Waals surface area contributed by atoms with E-state index in [1.807, 2.05) is 0 Å². The second-order valence-electron chi connectivity index (χ2n) is 11.2. The number of likely N-dealkylation sites (tertiary alicyclic amines) is 1. The largest absolute Gasteiger partial charge is 0.480 e. The molecule has 0 unspecified atom stereocenters. The highest BCUT2D eigenvalue weighted by Gasteiger charge is 2.39. The van der Waals surface area contributed by atoms with Crippen molar-refractivity contribution < 1.29 is 37.4 Å². The van der Waals surface area contributed by atoms with Crippen molar-refractivity contribution in [1.82, 2.24) is 14.7 Å². The normalized spacial score (nSPS) is 19.1. The number of piperazine rings is 1. The van der Waals surface area contributed by atoms with Crippen molar-refractivity contribution in [3.05, 3.63) is 35.9 Å². The van der Waals surface area contributed by atoms with Crippen LogP contribution in [-0.2, 0) is 34.7 Å². The zero-order valence-electron chi connectivity index (χ0n) is 22.9. The van der Waals surface area contributed by atoms with Gasteiger partial charge in [-0.2, -0.15) is 0 Å². The van der Waals surface area contributed by atoms with Crippen LogP contribution in [0.3, 0.4) is 0 Å². The predicted molar refractivity (Wildman–Crippen MR) is 143 cm³/mol. The molecule has 216 valence electrons. The first kappa shape index (κ1) is 30.4. The van der Waals surface area contributed by atoms with Crippen molar-refractivity contribution in [2.24, 2.45) is 5.92 Å². The van der Waals surface area contributed by atoms with Crippen LogP contribution in [0.2, 0.25) is 0 Å². The zero-order valence-corrected chi connectivity index (χ0v) is 23.7. The first-order valence-corrected chi connectivity index (χ1v) is 15.1. The summed E-state index contributed by atoms with van der Waals surface area (Å²) in [5, 5.41) is 9.54. The lowest BCUT2D eigenvalue weighted by Gasteiger charge is -2.36. The highest BCUT2D eigenvalue weighted by Crippen LogP contribution is 2.24. The molecule has 39 heavy (non-hydrogen) atoms. The van der Waals surface area contributed by atoms with Crippen LogP contribution < -0.4 is 0 Å². The molecule has 0 aliphatic carbocycles. The predicted octanol–water partition coefficient (Wildman–Crippen LogP) is 2.15. The third kappa shape index (κ3) is 8.94. The van der Waals surface area contributed by atoms with Crippen molar-refractivity contribution in [2.45, 2.75) is 63.9 Å². The number of amides is 3. The molecule has 2 aliphatic rings. The molecular formula is C27H39N3O8S. The summed E-state index contributed by atoms with van der Waals surface area (Å²) in [6.45, 7) is 6.80. The number of hydrogen-bond donors (Lipinski definition) is 1. The van der Waals surface area contributed by atoms with Gasteiger partial charge in [0.1, 0.15) is 11.6 Å². The van der Waals surface area contributed by atoms with Gasteiger partial charge in [-0.3, -0.25) is 9.59 Å². The molecule has 0 aromatic heterocycles. The Morgan fingerprint density at radius 2 is 1.62 bits per heavy atom. The molecule has 1 aromatic rings. The van der Waals surface area contributed by atoms with Gasteiger partial charge in [0.05, 0.1) is 17.4 Å². The maximum Gasteiger partial charge on any atom is 0.410 e. The highest BCUT2D eigenvalue weighted by molar-refractivity contribution is 7.90. The van der Waals surface area contributed by atoms with E-state index in [1.54, 1.807) is 56.0 Å². The lowest BCUT2D eigenvalue weighted by atomic mass is 10.0. The summed E-state index contributed by atoms with van der Waals surface area (Å²) in [5.74, 6) is -3.66. The van der Waals surface area contributed by atoms with Crippen LogP contribution in [0.5, 0.6) is 0 Å². The van der Waals surface area contributed by atoms with Crippen molar-refractivity contribution in [1.29, 1.82) is 0 Å². The summed E-state index contributed by atoms with van der Waals surface area (Å²) in [4.78, 5) is 54.8. The average Bonchev–Trinajstić information content (AvgIpc) is 3.36. The summed E-state index contributed by atoms with van der Waals surface area (Å²) in [5.41, 5.74) is -0.0336. The molecule has 11 nitrogen and oxygen atoms in total. The smallest absolute Gasteiger partial charge is 0.410 e. The summed E-state index contributed by atoms with van der Waals surface area (Å²) in [6.07, 6.45) is 0.316. The molecule has 12 heteroatoms. The van der Waals surface area contributed by atoms with Gasteiger partial charge in [-0.05, 0) is 45.6 Å². The van der Waals surface area contributed by atoms with Gasteiger partial charge >= 0.3 is 12.1 Å². The molecule has 1 aromatic carbocycles. The molecule has 2 heterocycles. The summed E-state index contributed by atoms with van der Waals surface area (Å²) in [7, 11) is -3.73. The molecule has 0 bridgehead atoms. The maximum atomic E-state index is 13.4. The number of carboxylic acids is 1. The summed E-state index contributed by atoms with van der Waals surface area (Å²) >= 11 is 0. The minimum Gasteiger partial charge on any atom is -0.480 e. The van der Waals surface area contributed by atoms with E-state index in [1.165, 1.54) is 9.80 Å². The summed E-state index contributed by atoms with van der Waals surface area (Å²) < 4.78 is 31.5. The molecule has 0 saturated carbocycles. The van der Waals surface area contributed by atoms with Gasteiger partial charge in [0.15, 0.2) is 9.84 Å². The van der Waals surface area contributed by atoms with Gasteiger partial charge in [-0.15, -0.1) is 0 Å². The number of benzene rings is 1. The Bertz CT molecular complexity index is 1140. The lowest BCUT2D eigenvalue weighted by molar-refractivity contribution is -0.150. The first-order valence-electron chi connectivity index (χ1n) is 13.3. The fraction of sp³-hybridized carbons (Fsp3) is 0.630. The zero-order chi connectivity index (χ0) is 28.8. The van der Waals surface area contributed by atoms with Gasteiger partial charge in [0.25, 0.3) is 0 Å². The van der Waals surface area contributed by atoms with Crippen LogP contribution in [0.4, 0.5) is 4.79 Å². The van der Waals surface area contributed by atoms with Crippen molar-refractivity contribution in [3.8, 4) is 0 Å². The molecule has 1 N–H and O–H groups in total. The molecule has 2 aliphatic heterocycles. The SMILES string of the molecule is CC(C)(C)OC(=O)N1CCN(C(=O)CC[C@@H](CS(=O)(=O)Cc2ccccc2)C(=O)N2CCC[C@H]2C(=O)O)CC1. The fourth-order valence-corrected chi connectivity index (χ4v) is 6.65. The standard InChI is InChI=1S/C27H39N3O8S/c1-27(2,3)38-26(35)29-16-14-28(15-17-29)23(31)12-11-21(24(32)30-13-7-10-22(30)25(33)34)19-39(36,37)18-20-8-5-4-6-9-20/h4-6,8-9,21-22H,7,10-19H2,1-3H3,(H,33,34)/t21-,22-/m0/s1. The Balaban J connectivity index is 1.65. The van der Waals surface area contributed by atoms with E-state index in [-0.39, 0.29) is 31.0 Å². The Morgan fingerprint density at radius 3 is 2.21 bits per heavy atom. The van der Waals surface area contributed by atoms with Crippen molar-refractivity contribution >= 4 is 33.7 Å². The third-order valence-electron chi connectivity index (χ3n) is 6.85. The van der Waals surface area contributed by atoms with Crippen LogP contribution in [0.1, 0.15) is 52.0 Å². The van der Waals surface area contributed by atoms with Crippen molar-refractivity contribution in [3.63, 3.8) is 0 Å². The number of carboxylic acid groups (broad SMARTS) is 1. The maximum absolute atomic E-state index is 13.4. The number of ether oxygens (including phenoxy) is 1. The number of carbonyl (C=O) groups is 4. The topological polar surface area (TPSA) is 142 Å². The average molecular weight is 566 g/mol. The highest BCUT2D eigenvalue weighted by atomic mass is 32.2. The molecule has 0 spiro atoms. The molecule has 2 saturated heterocycles. The Hall–Kier alpha value is -3.15. The molecular weight excluding hydrogens is 526 g/mol. The molecule has 3 amide bonds. The number of aliphatic carboxylic acids is 1.